The molecule has 1 aromatic carbocycles. The quantitative estimate of drug-likeness (QED) is 0.938. The van der Waals surface area contributed by atoms with Gasteiger partial charge in [-0.15, -0.1) is 0 Å². The van der Waals surface area contributed by atoms with E-state index in [1.54, 1.807) is 0 Å². The predicted octanol–water partition coefficient (Wildman–Crippen LogP) is 3.18. The third kappa shape index (κ3) is 1.96. The highest BCUT2D eigenvalue weighted by atomic mass is 16.1. The first-order chi connectivity index (χ1) is 10.3. The van der Waals surface area contributed by atoms with Gasteiger partial charge in [-0.2, -0.15) is 5.26 Å². The number of benzene rings is 1. The number of hydrogen-bond donors (Lipinski definition) is 1. The second kappa shape index (κ2) is 4.70. The van der Waals surface area contributed by atoms with Crippen LogP contribution in [0.5, 0.6) is 0 Å². The average Bonchev–Trinajstić information content (AvgIpc) is 3.22. The number of nitrogens with zero attached hydrogens (tertiary/aromatic N) is 2. The largest absolute Gasteiger partial charge is 0.340 e. The number of aromatic amines is 1. The fourth-order valence-corrected chi connectivity index (χ4v) is 4.18. The maximum Gasteiger partial charge on any atom is 0.162 e. The molecule has 0 radical (unpaired) electrons. The van der Waals surface area contributed by atoms with Crippen LogP contribution in [0.2, 0.25) is 0 Å². The number of rotatable bonds is 3. The standard InChI is InChI=1S/C17H17N3O/c18-9-13(16(21)12-8-10-5-6-11(12)7-10)17-19-14-3-1-2-4-15(14)20-17/h1-4,10-13H,5-8H2,(H,19,20)/t10-,11-,12+,13-/m0/s1. The van der Waals surface area contributed by atoms with Crippen molar-refractivity contribution in [1.29, 1.82) is 5.26 Å². The lowest BCUT2D eigenvalue weighted by molar-refractivity contribution is -0.124. The van der Waals surface area contributed by atoms with E-state index in [0.29, 0.717) is 17.7 Å². The number of ketones is 1. The summed E-state index contributed by atoms with van der Waals surface area (Å²) in [7, 11) is 0. The molecule has 1 N–H and O–H groups in total. The monoisotopic (exact) mass is 279 g/mol. The second-order valence-corrected chi connectivity index (χ2v) is 6.39. The summed E-state index contributed by atoms with van der Waals surface area (Å²) in [4.78, 5) is 20.3. The average molecular weight is 279 g/mol. The van der Waals surface area contributed by atoms with Crippen molar-refractivity contribution in [3.05, 3.63) is 30.1 Å². The number of imidazole rings is 1. The Hall–Kier alpha value is -2.15. The molecule has 2 aliphatic carbocycles. The van der Waals surface area contributed by atoms with Crippen LogP contribution in [0.3, 0.4) is 0 Å². The molecule has 0 unspecified atom stereocenters. The highest BCUT2D eigenvalue weighted by Crippen LogP contribution is 2.49. The Morgan fingerprint density at radius 2 is 2.19 bits per heavy atom. The van der Waals surface area contributed by atoms with Gasteiger partial charge in [-0.05, 0) is 43.2 Å². The van der Waals surface area contributed by atoms with Gasteiger partial charge in [0.25, 0.3) is 0 Å². The number of nitrogens with one attached hydrogen (secondary N) is 1. The molecule has 2 bridgehead atoms. The molecular formula is C17H17N3O. The summed E-state index contributed by atoms with van der Waals surface area (Å²) in [6.45, 7) is 0. The normalized spacial score (nSPS) is 28.6. The van der Waals surface area contributed by atoms with Crippen molar-refractivity contribution >= 4 is 16.8 Å². The van der Waals surface area contributed by atoms with E-state index in [-0.39, 0.29) is 11.7 Å². The van der Waals surface area contributed by atoms with Crippen LogP contribution in [0.15, 0.2) is 24.3 Å². The molecule has 4 heteroatoms. The number of nitriles is 1. The first kappa shape index (κ1) is 12.6. The number of aromatic nitrogens is 2. The third-order valence-electron chi connectivity index (χ3n) is 5.20. The summed E-state index contributed by atoms with van der Waals surface area (Å²) in [6.07, 6.45) is 4.56. The Morgan fingerprint density at radius 3 is 2.86 bits per heavy atom. The first-order valence-corrected chi connectivity index (χ1v) is 7.64. The number of H-pyrrole nitrogens is 1. The molecule has 4 atom stereocenters. The lowest BCUT2D eigenvalue weighted by Gasteiger charge is -2.21. The van der Waals surface area contributed by atoms with E-state index in [1.807, 2.05) is 24.3 Å². The number of para-hydroxylation sites is 2. The van der Waals surface area contributed by atoms with E-state index in [0.717, 1.165) is 23.9 Å². The molecule has 2 fully saturated rings. The van der Waals surface area contributed by atoms with Crippen LogP contribution in [0.1, 0.15) is 37.4 Å². The number of Topliss-reactive ketones (excluding diaryl/α,β-unsaturated/α-hetero) is 1. The minimum Gasteiger partial charge on any atom is -0.340 e. The van der Waals surface area contributed by atoms with Crippen molar-refractivity contribution < 1.29 is 4.79 Å². The predicted molar refractivity (Wildman–Crippen MR) is 78.4 cm³/mol. The van der Waals surface area contributed by atoms with E-state index in [4.69, 9.17) is 0 Å². The van der Waals surface area contributed by atoms with E-state index in [1.165, 1.54) is 12.8 Å². The van der Waals surface area contributed by atoms with Crippen LogP contribution in [-0.2, 0) is 4.79 Å². The van der Waals surface area contributed by atoms with Gasteiger partial charge in [0.1, 0.15) is 5.82 Å². The van der Waals surface area contributed by atoms with E-state index >= 15 is 0 Å². The highest BCUT2D eigenvalue weighted by Gasteiger charge is 2.45. The van der Waals surface area contributed by atoms with Gasteiger partial charge >= 0.3 is 0 Å². The van der Waals surface area contributed by atoms with Gasteiger partial charge in [0.15, 0.2) is 11.7 Å². The molecule has 2 saturated carbocycles. The Morgan fingerprint density at radius 1 is 1.33 bits per heavy atom. The van der Waals surface area contributed by atoms with Gasteiger partial charge in [-0.1, -0.05) is 18.6 Å². The molecule has 1 aromatic heterocycles. The maximum atomic E-state index is 12.8. The van der Waals surface area contributed by atoms with Crippen molar-refractivity contribution in [2.45, 2.75) is 31.6 Å². The summed E-state index contributed by atoms with van der Waals surface area (Å²) in [5, 5.41) is 9.47. The topological polar surface area (TPSA) is 69.5 Å². The molecule has 106 valence electrons. The molecule has 0 spiro atoms. The van der Waals surface area contributed by atoms with Crippen LogP contribution in [-0.4, -0.2) is 15.8 Å². The molecule has 4 nitrogen and oxygen atoms in total. The highest BCUT2D eigenvalue weighted by molar-refractivity contribution is 5.91. The van der Waals surface area contributed by atoms with Gasteiger partial charge in [-0.3, -0.25) is 4.79 Å². The van der Waals surface area contributed by atoms with Gasteiger partial charge in [0.2, 0.25) is 0 Å². The zero-order chi connectivity index (χ0) is 14.4. The van der Waals surface area contributed by atoms with E-state index < -0.39 is 5.92 Å². The second-order valence-electron chi connectivity index (χ2n) is 6.39. The number of carbonyl (C=O) groups excluding carboxylic acids is 1. The molecule has 2 aliphatic rings. The van der Waals surface area contributed by atoms with Crippen LogP contribution >= 0.6 is 0 Å². The Labute approximate surface area is 123 Å². The zero-order valence-electron chi connectivity index (χ0n) is 11.7. The fraction of sp³-hybridized carbons (Fsp3) is 0.471. The summed E-state index contributed by atoms with van der Waals surface area (Å²) >= 11 is 0. The number of fused-ring (bicyclic) bond motifs is 3. The minimum atomic E-state index is -0.748. The van der Waals surface area contributed by atoms with Crippen LogP contribution in [0.4, 0.5) is 0 Å². The van der Waals surface area contributed by atoms with Crippen LogP contribution in [0.25, 0.3) is 11.0 Å². The van der Waals surface area contributed by atoms with Crippen molar-refractivity contribution in [3.8, 4) is 6.07 Å². The molecule has 1 heterocycles. The molecular weight excluding hydrogens is 262 g/mol. The lowest BCUT2D eigenvalue weighted by Crippen LogP contribution is -2.26. The van der Waals surface area contributed by atoms with Crippen LogP contribution in [0, 0.1) is 29.1 Å². The van der Waals surface area contributed by atoms with Gasteiger partial charge in [-0.25, -0.2) is 4.98 Å². The lowest BCUT2D eigenvalue weighted by atomic mass is 9.81. The number of hydrogen-bond acceptors (Lipinski definition) is 3. The Bertz CT molecular complexity index is 709. The van der Waals surface area contributed by atoms with Crippen LogP contribution < -0.4 is 0 Å². The van der Waals surface area contributed by atoms with E-state index in [9.17, 15) is 10.1 Å². The number of carbonyl (C=O) groups is 1. The maximum absolute atomic E-state index is 12.8. The molecule has 0 aliphatic heterocycles. The summed E-state index contributed by atoms with van der Waals surface area (Å²) in [5.41, 5.74) is 1.70. The minimum absolute atomic E-state index is 0.0709. The molecule has 0 saturated heterocycles. The third-order valence-corrected chi connectivity index (χ3v) is 5.20. The van der Waals surface area contributed by atoms with Gasteiger partial charge < -0.3 is 4.98 Å². The summed E-state index contributed by atoms with van der Waals surface area (Å²) < 4.78 is 0. The molecule has 2 aromatic rings. The van der Waals surface area contributed by atoms with Crippen molar-refractivity contribution in [2.24, 2.45) is 17.8 Å². The van der Waals surface area contributed by atoms with E-state index in [2.05, 4.69) is 16.0 Å². The smallest absolute Gasteiger partial charge is 0.162 e. The van der Waals surface area contributed by atoms with Crippen molar-refractivity contribution in [3.63, 3.8) is 0 Å². The van der Waals surface area contributed by atoms with Crippen molar-refractivity contribution in [1.82, 2.24) is 9.97 Å². The van der Waals surface area contributed by atoms with Crippen molar-refractivity contribution in [2.75, 3.05) is 0 Å². The summed E-state index contributed by atoms with van der Waals surface area (Å²) in [5.74, 6) is 1.11. The molecule has 0 amide bonds. The molecule has 4 rings (SSSR count). The SMILES string of the molecule is N#C[C@@H](C(=O)[C@@H]1C[C@H]2CC[C@H]1C2)c1nc2ccccc2[nH]1. The fourth-order valence-electron chi connectivity index (χ4n) is 4.18. The molecule has 21 heavy (non-hydrogen) atoms. The van der Waals surface area contributed by atoms with Gasteiger partial charge in [0, 0.05) is 5.92 Å². The van der Waals surface area contributed by atoms with Gasteiger partial charge in [0.05, 0.1) is 17.1 Å². The summed E-state index contributed by atoms with van der Waals surface area (Å²) in [6, 6.07) is 9.81. The first-order valence-electron chi connectivity index (χ1n) is 7.64. The zero-order valence-corrected chi connectivity index (χ0v) is 11.7. The Balaban J connectivity index is 1.65. The Kier molecular flexibility index (Phi) is 2.81.